The Hall–Kier alpha value is -0.380. The molecular formula is C14H16FI. The van der Waals surface area contributed by atoms with E-state index in [1.807, 2.05) is 18.2 Å². The molecule has 0 amide bonds. The van der Waals surface area contributed by atoms with Crippen molar-refractivity contribution in [2.24, 2.45) is 5.92 Å². The lowest BCUT2D eigenvalue weighted by Gasteiger charge is -2.17. The van der Waals surface area contributed by atoms with Gasteiger partial charge in [0, 0.05) is 3.58 Å². The van der Waals surface area contributed by atoms with E-state index in [9.17, 15) is 4.39 Å². The van der Waals surface area contributed by atoms with Crippen LogP contribution in [0.25, 0.3) is 5.57 Å². The van der Waals surface area contributed by atoms with Crippen LogP contribution in [-0.2, 0) is 0 Å². The van der Waals surface area contributed by atoms with E-state index in [0.29, 0.717) is 5.92 Å². The Morgan fingerprint density at radius 2 is 1.81 bits per heavy atom. The predicted molar refractivity (Wildman–Crippen MR) is 75.3 cm³/mol. The summed E-state index contributed by atoms with van der Waals surface area (Å²) in [5, 5.41) is 0. The van der Waals surface area contributed by atoms with Crippen molar-refractivity contribution in [2.45, 2.75) is 25.7 Å². The minimum Gasteiger partial charge on any atom is -0.245 e. The SMILES string of the molecule is FC/C(I)=C(\c1ccccc1)C1CCCC1. The van der Waals surface area contributed by atoms with E-state index in [1.165, 1.54) is 36.8 Å². The van der Waals surface area contributed by atoms with Gasteiger partial charge in [-0.25, -0.2) is 4.39 Å². The highest BCUT2D eigenvalue weighted by Gasteiger charge is 2.22. The van der Waals surface area contributed by atoms with E-state index in [0.717, 1.165) is 3.58 Å². The number of allylic oxidation sites excluding steroid dienone is 2. The molecule has 16 heavy (non-hydrogen) atoms. The third-order valence-electron chi connectivity index (χ3n) is 3.26. The number of halogens is 2. The predicted octanol–water partition coefficient (Wildman–Crippen LogP) is 4.99. The molecule has 1 aliphatic rings. The van der Waals surface area contributed by atoms with Crippen LogP contribution >= 0.6 is 22.6 Å². The van der Waals surface area contributed by atoms with Crippen LogP contribution in [-0.4, -0.2) is 6.67 Å². The van der Waals surface area contributed by atoms with Gasteiger partial charge in [-0.05, 0) is 52.5 Å². The molecule has 86 valence electrons. The number of hydrogen-bond acceptors (Lipinski definition) is 0. The zero-order valence-corrected chi connectivity index (χ0v) is 11.4. The lowest BCUT2D eigenvalue weighted by molar-refractivity contribution is 0.556. The summed E-state index contributed by atoms with van der Waals surface area (Å²) in [6.45, 7) is -0.332. The van der Waals surface area contributed by atoms with Gasteiger partial charge in [-0.2, -0.15) is 0 Å². The quantitative estimate of drug-likeness (QED) is 0.685. The molecule has 2 rings (SSSR count). The van der Waals surface area contributed by atoms with E-state index in [2.05, 4.69) is 34.7 Å². The zero-order valence-electron chi connectivity index (χ0n) is 9.26. The average Bonchev–Trinajstić information content (AvgIpc) is 2.84. The molecule has 1 aromatic carbocycles. The van der Waals surface area contributed by atoms with Gasteiger partial charge >= 0.3 is 0 Å². The van der Waals surface area contributed by atoms with Crippen LogP contribution < -0.4 is 0 Å². The normalized spacial score (nSPS) is 18.6. The van der Waals surface area contributed by atoms with Crippen molar-refractivity contribution in [2.75, 3.05) is 6.67 Å². The first-order valence-corrected chi connectivity index (χ1v) is 6.90. The van der Waals surface area contributed by atoms with Gasteiger partial charge < -0.3 is 0 Å². The molecule has 0 aliphatic heterocycles. The number of hydrogen-bond donors (Lipinski definition) is 0. The van der Waals surface area contributed by atoms with Crippen molar-refractivity contribution in [3.63, 3.8) is 0 Å². The van der Waals surface area contributed by atoms with Crippen molar-refractivity contribution < 1.29 is 4.39 Å². The van der Waals surface area contributed by atoms with Gasteiger partial charge in [-0.15, -0.1) is 0 Å². The molecule has 2 heteroatoms. The van der Waals surface area contributed by atoms with Crippen LogP contribution in [0.15, 0.2) is 33.9 Å². The second-order valence-corrected chi connectivity index (χ2v) is 5.60. The summed E-state index contributed by atoms with van der Waals surface area (Å²) in [6, 6.07) is 10.3. The molecule has 0 saturated heterocycles. The maximum atomic E-state index is 12.9. The minimum absolute atomic E-state index is 0.332. The summed E-state index contributed by atoms with van der Waals surface area (Å²) < 4.78 is 13.8. The number of rotatable bonds is 3. The summed E-state index contributed by atoms with van der Waals surface area (Å²) in [7, 11) is 0. The topological polar surface area (TPSA) is 0 Å². The summed E-state index contributed by atoms with van der Waals surface area (Å²) in [6.07, 6.45) is 5.02. The molecule has 0 atom stereocenters. The molecular weight excluding hydrogens is 314 g/mol. The van der Waals surface area contributed by atoms with Gasteiger partial charge in [-0.1, -0.05) is 43.2 Å². The molecule has 0 spiro atoms. The van der Waals surface area contributed by atoms with Crippen LogP contribution in [0.5, 0.6) is 0 Å². The first-order chi connectivity index (χ1) is 7.83. The summed E-state index contributed by atoms with van der Waals surface area (Å²) in [4.78, 5) is 0. The summed E-state index contributed by atoms with van der Waals surface area (Å²) in [5.41, 5.74) is 2.46. The van der Waals surface area contributed by atoms with Gasteiger partial charge in [0.2, 0.25) is 0 Å². The van der Waals surface area contributed by atoms with Gasteiger partial charge in [0.25, 0.3) is 0 Å². The lowest BCUT2D eigenvalue weighted by Crippen LogP contribution is -2.01. The van der Waals surface area contributed by atoms with Crippen molar-refractivity contribution in [3.05, 3.63) is 39.5 Å². The molecule has 0 heterocycles. The fraction of sp³-hybridized carbons (Fsp3) is 0.429. The molecule has 0 bridgehead atoms. The Labute approximate surface area is 110 Å². The first kappa shape index (κ1) is 12.1. The van der Waals surface area contributed by atoms with Crippen molar-refractivity contribution in [1.82, 2.24) is 0 Å². The molecule has 0 aromatic heterocycles. The van der Waals surface area contributed by atoms with Crippen LogP contribution in [0, 0.1) is 5.92 Å². The second-order valence-electron chi connectivity index (χ2n) is 4.30. The monoisotopic (exact) mass is 330 g/mol. The molecule has 0 unspecified atom stereocenters. The molecule has 1 aliphatic carbocycles. The van der Waals surface area contributed by atoms with Crippen LogP contribution in [0.1, 0.15) is 31.2 Å². The van der Waals surface area contributed by atoms with Crippen molar-refractivity contribution in [3.8, 4) is 0 Å². The molecule has 0 nitrogen and oxygen atoms in total. The molecule has 0 N–H and O–H groups in total. The highest BCUT2D eigenvalue weighted by Crippen LogP contribution is 2.40. The number of benzene rings is 1. The van der Waals surface area contributed by atoms with E-state index in [4.69, 9.17) is 0 Å². The Kier molecular flexibility index (Phi) is 4.38. The maximum absolute atomic E-state index is 12.9. The molecule has 0 radical (unpaired) electrons. The Morgan fingerprint density at radius 3 is 2.38 bits per heavy atom. The number of alkyl halides is 1. The second kappa shape index (κ2) is 5.80. The molecule has 1 aromatic rings. The Balaban J connectivity index is 2.35. The molecule has 1 fully saturated rings. The van der Waals surface area contributed by atoms with Gasteiger partial charge in [0.05, 0.1) is 0 Å². The lowest BCUT2D eigenvalue weighted by atomic mass is 9.91. The van der Waals surface area contributed by atoms with E-state index in [1.54, 1.807) is 0 Å². The highest BCUT2D eigenvalue weighted by molar-refractivity contribution is 14.1. The zero-order chi connectivity index (χ0) is 11.4. The van der Waals surface area contributed by atoms with Gasteiger partial charge in [-0.3, -0.25) is 0 Å². The molecule has 1 saturated carbocycles. The van der Waals surface area contributed by atoms with Gasteiger partial charge in [0.15, 0.2) is 0 Å². The van der Waals surface area contributed by atoms with Crippen molar-refractivity contribution >= 4 is 28.2 Å². The van der Waals surface area contributed by atoms with Crippen molar-refractivity contribution in [1.29, 1.82) is 0 Å². The first-order valence-electron chi connectivity index (χ1n) is 5.83. The summed E-state index contributed by atoms with van der Waals surface area (Å²) >= 11 is 2.17. The van der Waals surface area contributed by atoms with Crippen LogP contribution in [0.4, 0.5) is 4.39 Å². The van der Waals surface area contributed by atoms with E-state index >= 15 is 0 Å². The fourth-order valence-electron chi connectivity index (χ4n) is 2.52. The van der Waals surface area contributed by atoms with E-state index < -0.39 is 0 Å². The maximum Gasteiger partial charge on any atom is 0.120 e. The third-order valence-corrected chi connectivity index (χ3v) is 4.13. The average molecular weight is 330 g/mol. The van der Waals surface area contributed by atoms with Gasteiger partial charge in [0.1, 0.15) is 6.67 Å². The van der Waals surface area contributed by atoms with Crippen LogP contribution in [0.2, 0.25) is 0 Å². The Morgan fingerprint density at radius 1 is 1.19 bits per heavy atom. The standard InChI is InChI=1S/C14H16FI/c15-10-13(16)14(12-8-4-5-9-12)11-6-2-1-3-7-11/h1-3,6-7,12H,4-5,8-10H2/b14-13-. The van der Waals surface area contributed by atoms with Crippen LogP contribution in [0.3, 0.4) is 0 Å². The fourth-order valence-corrected chi connectivity index (χ4v) is 3.27. The minimum atomic E-state index is -0.332. The highest BCUT2D eigenvalue weighted by atomic mass is 127. The van der Waals surface area contributed by atoms with E-state index in [-0.39, 0.29) is 6.67 Å². The Bertz CT molecular complexity index is 364. The summed E-state index contributed by atoms with van der Waals surface area (Å²) in [5.74, 6) is 0.574. The smallest absolute Gasteiger partial charge is 0.120 e. The largest absolute Gasteiger partial charge is 0.245 e. The third kappa shape index (κ3) is 2.65.